The van der Waals surface area contributed by atoms with Gasteiger partial charge in [0.05, 0.1) is 11.8 Å². The number of aryl methyl sites for hydroxylation is 1. The van der Waals surface area contributed by atoms with Crippen LogP contribution in [0, 0.1) is 12.8 Å². The van der Waals surface area contributed by atoms with Gasteiger partial charge < -0.3 is 5.11 Å². The maximum Gasteiger partial charge on any atom is 0.0711 e. The van der Waals surface area contributed by atoms with Crippen LogP contribution in [0.4, 0.5) is 0 Å². The molecule has 1 aromatic carbocycles. The Balaban J connectivity index is 1.63. The van der Waals surface area contributed by atoms with Gasteiger partial charge in [0.2, 0.25) is 0 Å². The molecular formula is C17H20ClN3O. The van der Waals surface area contributed by atoms with Gasteiger partial charge in [-0.05, 0) is 36.6 Å². The number of aliphatic hydroxyl groups is 1. The second-order valence-corrected chi connectivity index (χ2v) is 6.43. The van der Waals surface area contributed by atoms with Gasteiger partial charge in [-0.25, -0.2) is 0 Å². The SMILES string of the molecule is Cc1cc(Cl)ccc1CN1C[C@@H](Cc2cnccn2)[C@H](O)C1. The molecule has 2 heterocycles. The normalized spacial score (nSPS) is 22.1. The van der Waals surface area contributed by atoms with E-state index < -0.39 is 0 Å². The predicted molar refractivity (Wildman–Crippen MR) is 86.7 cm³/mol. The molecule has 116 valence electrons. The number of β-amino-alcohol motifs (C(OH)–C–C–N with tert-alkyl or cyclic N) is 1. The Morgan fingerprint density at radius 2 is 2.18 bits per heavy atom. The fourth-order valence-corrected chi connectivity index (χ4v) is 3.28. The number of benzene rings is 1. The van der Waals surface area contributed by atoms with Crippen LogP contribution in [0.15, 0.2) is 36.8 Å². The van der Waals surface area contributed by atoms with Crippen LogP contribution in [0.25, 0.3) is 0 Å². The Morgan fingerprint density at radius 3 is 2.91 bits per heavy atom. The van der Waals surface area contributed by atoms with Crippen molar-refractivity contribution < 1.29 is 5.11 Å². The van der Waals surface area contributed by atoms with Crippen LogP contribution in [-0.4, -0.2) is 39.2 Å². The Hall–Kier alpha value is -1.49. The molecule has 5 heteroatoms. The highest BCUT2D eigenvalue weighted by atomic mass is 35.5. The third-order valence-corrected chi connectivity index (χ3v) is 4.50. The molecule has 1 aliphatic rings. The molecule has 0 spiro atoms. The van der Waals surface area contributed by atoms with E-state index in [2.05, 4.69) is 27.9 Å². The Bertz CT molecular complexity index is 635. The lowest BCUT2D eigenvalue weighted by atomic mass is 10.0. The quantitative estimate of drug-likeness (QED) is 0.941. The summed E-state index contributed by atoms with van der Waals surface area (Å²) >= 11 is 6.00. The van der Waals surface area contributed by atoms with Gasteiger partial charge >= 0.3 is 0 Å². The highest BCUT2D eigenvalue weighted by molar-refractivity contribution is 6.30. The van der Waals surface area contributed by atoms with Crippen LogP contribution >= 0.6 is 11.6 Å². The molecule has 0 saturated carbocycles. The van der Waals surface area contributed by atoms with Gasteiger partial charge in [-0.1, -0.05) is 17.7 Å². The number of nitrogens with zero attached hydrogens (tertiary/aromatic N) is 3. The van der Waals surface area contributed by atoms with E-state index in [0.29, 0.717) is 6.54 Å². The van der Waals surface area contributed by atoms with Gasteiger partial charge in [0.15, 0.2) is 0 Å². The molecule has 0 amide bonds. The van der Waals surface area contributed by atoms with E-state index in [0.717, 1.165) is 30.2 Å². The minimum Gasteiger partial charge on any atom is -0.391 e. The number of halogens is 1. The Labute approximate surface area is 135 Å². The molecule has 2 aromatic rings. The van der Waals surface area contributed by atoms with E-state index in [4.69, 9.17) is 11.6 Å². The van der Waals surface area contributed by atoms with E-state index in [-0.39, 0.29) is 12.0 Å². The number of aliphatic hydroxyl groups excluding tert-OH is 1. The largest absolute Gasteiger partial charge is 0.391 e. The summed E-state index contributed by atoms with van der Waals surface area (Å²) in [5.74, 6) is 0.212. The van der Waals surface area contributed by atoms with Gasteiger partial charge in [-0.2, -0.15) is 0 Å². The number of hydrogen-bond donors (Lipinski definition) is 1. The molecule has 4 nitrogen and oxygen atoms in total. The van der Waals surface area contributed by atoms with E-state index >= 15 is 0 Å². The molecule has 1 N–H and O–H groups in total. The maximum atomic E-state index is 10.3. The fourth-order valence-electron chi connectivity index (χ4n) is 3.05. The predicted octanol–water partition coefficient (Wildman–Crippen LogP) is 2.47. The van der Waals surface area contributed by atoms with Crippen molar-refractivity contribution in [3.8, 4) is 0 Å². The lowest BCUT2D eigenvalue weighted by molar-refractivity contribution is 0.140. The lowest BCUT2D eigenvalue weighted by Crippen LogP contribution is -2.21. The highest BCUT2D eigenvalue weighted by Crippen LogP contribution is 2.24. The van der Waals surface area contributed by atoms with Crippen molar-refractivity contribution in [3.63, 3.8) is 0 Å². The molecule has 2 atom stereocenters. The minimum absolute atomic E-state index is 0.212. The van der Waals surface area contributed by atoms with Crippen molar-refractivity contribution in [1.82, 2.24) is 14.9 Å². The molecule has 1 saturated heterocycles. The van der Waals surface area contributed by atoms with Crippen molar-refractivity contribution in [1.29, 1.82) is 0 Å². The summed E-state index contributed by atoms with van der Waals surface area (Å²) in [5.41, 5.74) is 3.40. The van der Waals surface area contributed by atoms with E-state index in [9.17, 15) is 5.11 Å². The van der Waals surface area contributed by atoms with Crippen LogP contribution in [0.1, 0.15) is 16.8 Å². The van der Waals surface area contributed by atoms with Crippen LogP contribution in [-0.2, 0) is 13.0 Å². The zero-order valence-electron chi connectivity index (χ0n) is 12.6. The summed E-state index contributed by atoms with van der Waals surface area (Å²) in [6.45, 7) is 4.49. The molecule has 1 aromatic heterocycles. The molecule has 0 unspecified atom stereocenters. The topological polar surface area (TPSA) is 49.2 Å². The average Bonchev–Trinajstić information content (AvgIpc) is 2.83. The van der Waals surface area contributed by atoms with Crippen molar-refractivity contribution in [2.24, 2.45) is 5.92 Å². The van der Waals surface area contributed by atoms with Crippen LogP contribution in [0.3, 0.4) is 0 Å². The fraction of sp³-hybridized carbons (Fsp3) is 0.412. The first-order valence-corrected chi connectivity index (χ1v) is 7.90. The van der Waals surface area contributed by atoms with Gasteiger partial charge in [0.1, 0.15) is 0 Å². The van der Waals surface area contributed by atoms with Crippen LogP contribution < -0.4 is 0 Å². The summed E-state index contributed by atoms with van der Waals surface area (Å²) in [5, 5.41) is 11.1. The molecule has 0 radical (unpaired) electrons. The standard InChI is InChI=1S/C17H20ClN3O/c1-12-6-15(18)3-2-13(12)9-21-10-14(17(22)11-21)7-16-8-19-4-5-20-16/h2-6,8,14,17,22H,7,9-11H2,1H3/t14-,17-/m1/s1. The van der Waals surface area contributed by atoms with E-state index in [1.807, 2.05) is 12.1 Å². The molecule has 1 aliphatic heterocycles. The molecule has 0 aliphatic carbocycles. The minimum atomic E-state index is -0.311. The molecule has 0 bridgehead atoms. The summed E-state index contributed by atoms with van der Waals surface area (Å²) in [6.07, 6.45) is 5.61. The second-order valence-electron chi connectivity index (χ2n) is 5.99. The zero-order chi connectivity index (χ0) is 15.5. The van der Waals surface area contributed by atoms with Gasteiger partial charge in [0.25, 0.3) is 0 Å². The third-order valence-electron chi connectivity index (χ3n) is 4.27. The first kappa shape index (κ1) is 15.4. The number of likely N-dealkylation sites (tertiary alicyclic amines) is 1. The molecule has 1 fully saturated rings. The third kappa shape index (κ3) is 3.64. The van der Waals surface area contributed by atoms with Crippen molar-refractivity contribution >= 4 is 11.6 Å². The maximum absolute atomic E-state index is 10.3. The van der Waals surface area contributed by atoms with Crippen LogP contribution in [0.5, 0.6) is 0 Å². The van der Waals surface area contributed by atoms with Crippen molar-refractivity contribution in [3.05, 3.63) is 58.6 Å². The molecular weight excluding hydrogens is 298 g/mol. The number of rotatable bonds is 4. The zero-order valence-corrected chi connectivity index (χ0v) is 13.4. The summed E-state index contributed by atoms with van der Waals surface area (Å²) in [6, 6.07) is 5.98. The van der Waals surface area contributed by atoms with Crippen molar-refractivity contribution in [2.45, 2.75) is 26.0 Å². The Kier molecular flexibility index (Phi) is 4.71. The monoisotopic (exact) mass is 317 g/mol. The Morgan fingerprint density at radius 1 is 1.32 bits per heavy atom. The van der Waals surface area contributed by atoms with E-state index in [1.165, 1.54) is 11.1 Å². The number of aromatic nitrogens is 2. The van der Waals surface area contributed by atoms with Crippen molar-refractivity contribution in [2.75, 3.05) is 13.1 Å². The first-order chi connectivity index (χ1) is 10.6. The summed E-state index contributed by atoms with van der Waals surface area (Å²) < 4.78 is 0. The molecule has 22 heavy (non-hydrogen) atoms. The second kappa shape index (κ2) is 6.73. The summed E-state index contributed by atoms with van der Waals surface area (Å²) in [7, 11) is 0. The summed E-state index contributed by atoms with van der Waals surface area (Å²) in [4.78, 5) is 10.7. The van der Waals surface area contributed by atoms with E-state index in [1.54, 1.807) is 18.6 Å². The van der Waals surface area contributed by atoms with Crippen LogP contribution in [0.2, 0.25) is 5.02 Å². The van der Waals surface area contributed by atoms with Gasteiger partial charge in [-0.3, -0.25) is 14.9 Å². The average molecular weight is 318 g/mol. The highest BCUT2D eigenvalue weighted by Gasteiger charge is 2.31. The van der Waals surface area contributed by atoms with Gasteiger partial charge in [-0.15, -0.1) is 0 Å². The lowest BCUT2D eigenvalue weighted by Gasteiger charge is -2.17. The first-order valence-electron chi connectivity index (χ1n) is 7.52. The van der Waals surface area contributed by atoms with Gasteiger partial charge in [0, 0.05) is 49.2 Å². The smallest absolute Gasteiger partial charge is 0.0711 e. The molecule has 3 rings (SSSR count). The number of hydrogen-bond acceptors (Lipinski definition) is 4.